The second-order valence-electron chi connectivity index (χ2n) is 6.36. The number of nitrogens with zero attached hydrogens (tertiary/aromatic N) is 1. The van der Waals surface area contributed by atoms with Crippen molar-refractivity contribution in [2.75, 3.05) is 0 Å². The normalized spacial score (nSPS) is 12.4. The average molecular weight is 369 g/mol. The molecular weight excluding hydrogens is 351 g/mol. The fraction of sp³-hybridized carbons (Fsp3) is 0.143. The van der Waals surface area contributed by atoms with E-state index < -0.39 is 11.9 Å². The van der Waals surface area contributed by atoms with Crippen molar-refractivity contribution >= 4 is 22.2 Å². The molecule has 0 aliphatic carbocycles. The molecule has 0 radical (unpaired) electrons. The summed E-state index contributed by atoms with van der Waals surface area (Å²) < 4.78 is 37.7. The zero-order valence-corrected chi connectivity index (χ0v) is 14.9. The first-order chi connectivity index (χ1) is 12.7. The van der Waals surface area contributed by atoms with Crippen LogP contribution in [0.15, 0.2) is 54.7 Å². The number of fused-ring (bicyclic) bond motifs is 1. The van der Waals surface area contributed by atoms with E-state index >= 15 is 0 Å². The zero-order valence-electron chi connectivity index (χ0n) is 14.9. The summed E-state index contributed by atoms with van der Waals surface area (Å²) in [7, 11) is 0. The van der Waals surface area contributed by atoms with Crippen molar-refractivity contribution in [3.8, 4) is 11.1 Å². The van der Waals surface area contributed by atoms with Crippen LogP contribution in [0.25, 0.3) is 27.6 Å². The number of halogens is 3. The molecule has 0 spiro atoms. The van der Waals surface area contributed by atoms with Gasteiger partial charge in [0.2, 0.25) is 0 Å². The predicted molar refractivity (Wildman–Crippen MR) is 103 cm³/mol. The van der Waals surface area contributed by atoms with Gasteiger partial charge in [0.1, 0.15) is 5.71 Å². The van der Waals surface area contributed by atoms with Gasteiger partial charge in [-0.15, -0.1) is 0 Å². The van der Waals surface area contributed by atoms with Crippen molar-refractivity contribution in [3.05, 3.63) is 71.6 Å². The van der Waals surface area contributed by atoms with E-state index in [4.69, 9.17) is 11.1 Å². The van der Waals surface area contributed by atoms with Crippen LogP contribution >= 0.6 is 0 Å². The van der Waals surface area contributed by atoms with Crippen molar-refractivity contribution in [1.29, 1.82) is 5.41 Å². The number of allylic oxidation sites excluding steroid dienone is 1. The lowest BCUT2D eigenvalue weighted by Gasteiger charge is -2.14. The summed E-state index contributed by atoms with van der Waals surface area (Å²) in [5.74, 6) is 0. The SMILES string of the molecule is Cc1cc2ccccc2c(C)c1-c1ccnc(/C(N)=C/C(=N)C(F)(F)F)c1. The number of alkyl halides is 3. The zero-order chi connectivity index (χ0) is 19.8. The van der Waals surface area contributed by atoms with Crippen LogP contribution in [0.3, 0.4) is 0 Å². The first kappa shape index (κ1) is 18.6. The molecule has 2 aromatic carbocycles. The minimum atomic E-state index is -4.74. The van der Waals surface area contributed by atoms with Crippen molar-refractivity contribution in [3.63, 3.8) is 0 Å². The minimum absolute atomic E-state index is 0.199. The molecule has 0 amide bonds. The van der Waals surface area contributed by atoms with Gasteiger partial charge in [-0.1, -0.05) is 30.3 Å². The second-order valence-corrected chi connectivity index (χ2v) is 6.36. The largest absolute Gasteiger partial charge is 0.432 e. The molecule has 0 saturated heterocycles. The highest BCUT2D eigenvalue weighted by molar-refractivity contribution is 6.02. The molecular formula is C21H18F3N3. The first-order valence-electron chi connectivity index (χ1n) is 8.27. The molecule has 27 heavy (non-hydrogen) atoms. The van der Waals surface area contributed by atoms with E-state index in [1.165, 1.54) is 6.20 Å². The Bertz CT molecular complexity index is 1070. The lowest BCUT2D eigenvalue weighted by atomic mass is 9.91. The molecule has 0 saturated carbocycles. The van der Waals surface area contributed by atoms with E-state index in [0.717, 1.165) is 33.0 Å². The van der Waals surface area contributed by atoms with Gasteiger partial charge in [0.25, 0.3) is 0 Å². The highest BCUT2D eigenvalue weighted by Gasteiger charge is 2.32. The third-order valence-corrected chi connectivity index (χ3v) is 4.46. The third kappa shape index (κ3) is 3.69. The molecule has 0 atom stereocenters. The fourth-order valence-corrected chi connectivity index (χ4v) is 3.20. The Morgan fingerprint density at radius 1 is 1.11 bits per heavy atom. The Kier molecular flexibility index (Phi) is 4.74. The van der Waals surface area contributed by atoms with Gasteiger partial charge in [0.15, 0.2) is 0 Å². The topological polar surface area (TPSA) is 62.8 Å². The summed E-state index contributed by atoms with van der Waals surface area (Å²) >= 11 is 0. The number of nitrogens with one attached hydrogen (secondary N) is 1. The van der Waals surface area contributed by atoms with Crippen LogP contribution in [-0.2, 0) is 0 Å². The number of hydrogen-bond donors (Lipinski definition) is 2. The standard InChI is InChI=1S/C21H18F3N3/c1-12-9-14-5-3-4-6-16(14)13(2)20(12)15-7-8-27-18(10-15)17(25)11-19(26)21(22,23)24/h3-11,26H,25H2,1-2H3/b17-11-,26-19?. The molecule has 0 bridgehead atoms. The van der Waals surface area contributed by atoms with Gasteiger partial charge in [-0.2, -0.15) is 13.2 Å². The lowest BCUT2D eigenvalue weighted by Crippen LogP contribution is -2.20. The molecule has 3 N–H and O–H groups in total. The summed E-state index contributed by atoms with van der Waals surface area (Å²) in [6, 6.07) is 13.6. The summed E-state index contributed by atoms with van der Waals surface area (Å²) in [5, 5.41) is 9.33. The second kappa shape index (κ2) is 6.87. The van der Waals surface area contributed by atoms with Crippen LogP contribution in [0.4, 0.5) is 13.2 Å². The van der Waals surface area contributed by atoms with Gasteiger partial charge in [0.05, 0.1) is 11.4 Å². The van der Waals surface area contributed by atoms with E-state index in [0.29, 0.717) is 6.08 Å². The van der Waals surface area contributed by atoms with Crippen molar-refractivity contribution in [1.82, 2.24) is 4.98 Å². The van der Waals surface area contributed by atoms with Crippen LogP contribution in [0.2, 0.25) is 0 Å². The number of aromatic nitrogens is 1. The molecule has 1 aromatic heterocycles. The highest BCUT2D eigenvalue weighted by Crippen LogP contribution is 2.33. The highest BCUT2D eigenvalue weighted by atomic mass is 19.4. The Hall–Kier alpha value is -3.15. The molecule has 0 fully saturated rings. The number of pyridine rings is 1. The van der Waals surface area contributed by atoms with E-state index in [-0.39, 0.29) is 11.4 Å². The van der Waals surface area contributed by atoms with Crippen LogP contribution < -0.4 is 5.73 Å². The molecule has 1 heterocycles. The maximum atomic E-state index is 12.6. The Morgan fingerprint density at radius 3 is 2.52 bits per heavy atom. The monoisotopic (exact) mass is 369 g/mol. The van der Waals surface area contributed by atoms with E-state index in [1.807, 2.05) is 38.1 Å². The van der Waals surface area contributed by atoms with E-state index in [9.17, 15) is 13.2 Å². The van der Waals surface area contributed by atoms with Gasteiger partial charge >= 0.3 is 6.18 Å². The first-order valence-corrected chi connectivity index (χ1v) is 8.27. The van der Waals surface area contributed by atoms with Crippen molar-refractivity contribution < 1.29 is 13.2 Å². The van der Waals surface area contributed by atoms with Gasteiger partial charge in [-0.25, -0.2) is 0 Å². The van der Waals surface area contributed by atoms with Crippen LogP contribution in [0.5, 0.6) is 0 Å². The summed E-state index contributed by atoms with van der Waals surface area (Å²) in [6.45, 7) is 4.01. The molecule has 3 nitrogen and oxygen atoms in total. The van der Waals surface area contributed by atoms with Crippen LogP contribution in [0.1, 0.15) is 16.8 Å². The summed E-state index contributed by atoms with van der Waals surface area (Å²) in [5.41, 5.74) is 8.20. The Morgan fingerprint density at radius 2 is 1.81 bits per heavy atom. The number of aryl methyl sites for hydroxylation is 2. The maximum absolute atomic E-state index is 12.6. The van der Waals surface area contributed by atoms with Gasteiger partial charge in [-0.05, 0) is 65.1 Å². The summed E-state index contributed by atoms with van der Waals surface area (Å²) in [4.78, 5) is 4.06. The number of hydrogen-bond acceptors (Lipinski definition) is 3. The predicted octanol–water partition coefficient (Wildman–Crippen LogP) is 5.40. The molecule has 0 aliphatic rings. The van der Waals surface area contributed by atoms with Crippen LogP contribution in [0, 0.1) is 19.3 Å². The quantitative estimate of drug-likeness (QED) is 0.607. The molecule has 0 aliphatic heterocycles. The van der Waals surface area contributed by atoms with E-state index in [1.54, 1.807) is 12.1 Å². The van der Waals surface area contributed by atoms with Crippen molar-refractivity contribution in [2.45, 2.75) is 20.0 Å². The molecule has 138 valence electrons. The number of benzene rings is 2. The van der Waals surface area contributed by atoms with E-state index in [2.05, 4.69) is 11.1 Å². The average Bonchev–Trinajstić information content (AvgIpc) is 2.61. The Labute approximate surface area is 154 Å². The third-order valence-electron chi connectivity index (χ3n) is 4.46. The molecule has 6 heteroatoms. The smallest absolute Gasteiger partial charge is 0.397 e. The molecule has 3 aromatic rings. The number of rotatable bonds is 3. The minimum Gasteiger partial charge on any atom is -0.397 e. The number of nitrogens with two attached hydrogens (primary N) is 1. The molecule has 0 unspecified atom stereocenters. The van der Waals surface area contributed by atoms with Gasteiger partial charge in [-0.3, -0.25) is 10.4 Å². The van der Waals surface area contributed by atoms with Crippen LogP contribution in [-0.4, -0.2) is 16.9 Å². The lowest BCUT2D eigenvalue weighted by molar-refractivity contribution is -0.0583. The maximum Gasteiger partial charge on any atom is 0.432 e. The molecule has 3 rings (SSSR count). The fourth-order valence-electron chi connectivity index (χ4n) is 3.20. The van der Waals surface area contributed by atoms with Crippen molar-refractivity contribution in [2.24, 2.45) is 5.73 Å². The summed E-state index contributed by atoms with van der Waals surface area (Å²) in [6.07, 6.45) is -2.64. The van der Waals surface area contributed by atoms with Gasteiger partial charge in [0, 0.05) is 6.20 Å². The van der Waals surface area contributed by atoms with Gasteiger partial charge < -0.3 is 5.73 Å². The Balaban J connectivity index is 2.11.